The molecule has 172 valence electrons. The second-order valence-corrected chi connectivity index (χ2v) is 15.1. The van der Waals surface area contributed by atoms with Gasteiger partial charge in [-0.1, -0.05) is 13.8 Å². The zero-order valence-electron chi connectivity index (χ0n) is 19.5. The van der Waals surface area contributed by atoms with E-state index >= 15 is 0 Å². The van der Waals surface area contributed by atoms with Crippen LogP contribution in [-0.4, -0.2) is 66.0 Å². The van der Waals surface area contributed by atoms with E-state index in [0.29, 0.717) is 32.5 Å². The predicted molar refractivity (Wildman–Crippen MR) is 119 cm³/mol. The first-order valence-corrected chi connectivity index (χ1v) is 13.3. The lowest BCUT2D eigenvalue weighted by molar-refractivity contribution is -0.0110. The summed E-state index contributed by atoms with van der Waals surface area (Å²) in [6.07, 6.45) is 1.99. The number of carbonyl (C=O) groups excluding carboxylic acids is 1. The zero-order chi connectivity index (χ0) is 22.9. The molecule has 1 saturated heterocycles. The van der Waals surface area contributed by atoms with Crippen molar-refractivity contribution < 1.29 is 22.5 Å². The first-order valence-electron chi connectivity index (χ1n) is 10.1. The molecule has 1 unspecified atom stereocenters. The third-order valence-corrected chi connectivity index (χ3v) is 8.14. The number of hydrogen-bond donors (Lipinski definition) is 1. The van der Waals surface area contributed by atoms with E-state index in [2.05, 4.69) is 4.72 Å². The molecule has 1 fully saturated rings. The molecule has 1 amide bonds. The van der Waals surface area contributed by atoms with Gasteiger partial charge in [-0.15, -0.1) is 4.72 Å². The van der Waals surface area contributed by atoms with Crippen LogP contribution in [0.3, 0.4) is 0 Å². The molecule has 0 spiro atoms. The molecule has 1 rings (SSSR count). The van der Waals surface area contributed by atoms with Gasteiger partial charge in [-0.25, -0.2) is 13.2 Å². The molecule has 29 heavy (non-hydrogen) atoms. The Morgan fingerprint density at radius 2 is 1.59 bits per heavy atom. The Hall–Kier alpha value is -0.510. The first-order chi connectivity index (χ1) is 12.8. The molecular formula is C20H40N2O5S2. The third kappa shape index (κ3) is 7.92. The summed E-state index contributed by atoms with van der Waals surface area (Å²) < 4.78 is 45.2. The number of carbonyl (C=O) groups is 1. The van der Waals surface area contributed by atoms with Gasteiger partial charge in [-0.2, -0.15) is 0 Å². The lowest BCUT2D eigenvalue weighted by Crippen LogP contribution is -2.56. The Bertz CT molecular complexity index is 670. The summed E-state index contributed by atoms with van der Waals surface area (Å²) in [5, 5.41) is 0. The Balaban J connectivity index is 3.00. The van der Waals surface area contributed by atoms with E-state index in [1.54, 1.807) is 4.90 Å². The van der Waals surface area contributed by atoms with Crippen LogP contribution in [0.15, 0.2) is 0 Å². The number of ether oxygens (including phenoxy) is 1. The molecule has 0 aliphatic carbocycles. The summed E-state index contributed by atoms with van der Waals surface area (Å²) in [5.74, 6) is 0.0407. The van der Waals surface area contributed by atoms with Gasteiger partial charge >= 0.3 is 6.09 Å². The molecule has 0 saturated carbocycles. The maximum atomic E-state index is 12.5. The monoisotopic (exact) mass is 452 g/mol. The molecule has 1 heterocycles. The number of nitrogens with zero attached hydrogens (tertiary/aromatic N) is 1. The zero-order valence-corrected chi connectivity index (χ0v) is 21.2. The van der Waals surface area contributed by atoms with Crippen LogP contribution >= 0.6 is 0 Å². The molecule has 1 N–H and O–H groups in total. The Morgan fingerprint density at radius 1 is 1.10 bits per heavy atom. The fraction of sp³-hybridized carbons (Fsp3) is 0.950. The minimum absolute atomic E-state index is 0.0407. The van der Waals surface area contributed by atoms with Crippen LogP contribution in [0.25, 0.3) is 0 Å². The summed E-state index contributed by atoms with van der Waals surface area (Å²) in [7, 11) is -3.24. The van der Waals surface area contributed by atoms with E-state index in [9.17, 15) is 17.8 Å². The van der Waals surface area contributed by atoms with Gasteiger partial charge < -0.3 is 14.2 Å². The van der Waals surface area contributed by atoms with Crippen molar-refractivity contribution in [3.05, 3.63) is 0 Å². The van der Waals surface area contributed by atoms with E-state index < -0.39 is 42.4 Å². The predicted octanol–water partition coefficient (Wildman–Crippen LogP) is 3.13. The van der Waals surface area contributed by atoms with Gasteiger partial charge in [0, 0.05) is 37.3 Å². The van der Waals surface area contributed by atoms with Gasteiger partial charge in [0.25, 0.3) is 0 Å². The van der Waals surface area contributed by atoms with Gasteiger partial charge in [0.15, 0.2) is 0 Å². The molecule has 7 nitrogen and oxygen atoms in total. The fourth-order valence-electron chi connectivity index (χ4n) is 3.61. The minimum Gasteiger partial charge on any atom is -0.598 e. The van der Waals surface area contributed by atoms with Crippen LogP contribution in [0.5, 0.6) is 0 Å². The van der Waals surface area contributed by atoms with Gasteiger partial charge in [-0.05, 0) is 65.2 Å². The lowest BCUT2D eigenvalue weighted by Gasteiger charge is -2.51. The molecule has 0 aromatic heterocycles. The second-order valence-electron chi connectivity index (χ2n) is 10.9. The van der Waals surface area contributed by atoms with Gasteiger partial charge in [0.05, 0.1) is 5.75 Å². The van der Waals surface area contributed by atoms with Crippen LogP contribution in [0, 0.1) is 10.8 Å². The number of piperidine rings is 1. The Kier molecular flexibility index (Phi) is 8.16. The number of sulfone groups is 1. The third-order valence-electron chi connectivity index (χ3n) is 5.55. The van der Waals surface area contributed by atoms with Crippen molar-refractivity contribution in [1.29, 1.82) is 0 Å². The van der Waals surface area contributed by atoms with Crippen LogP contribution in [0.2, 0.25) is 0 Å². The fourth-order valence-corrected chi connectivity index (χ4v) is 6.22. The van der Waals surface area contributed by atoms with Crippen molar-refractivity contribution in [3.63, 3.8) is 0 Å². The van der Waals surface area contributed by atoms with E-state index in [0.717, 1.165) is 0 Å². The van der Waals surface area contributed by atoms with Crippen molar-refractivity contribution in [2.45, 2.75) is 78.6 Å². The summed E-state index contributed by atoms with van der Waals surface area (Å²) in [6.45, 7) is 16.5. The molecule has 1 aliphatic rings. The van der Waals surface area contributed by atoms with Crippen molar-refractivity contribution in [1.82, 2.24) is 9.62 Å². The van der Waals surface area contributed by atoms with Crippen LogP contribution in [0.1, 0.15) is 68.2 Å². The summed E-state index contributed by atoms with van der Waals surface area (Å²) in [6, 6.07) is 0. The smallest absolute Gasteiger partial charge is 0.410 e. The SMILES string of the molecule is CC(C)(C)OC(=O)N1CCC(CS(C)(=O)=O)(C(C)(C)CN[S+]([O-])C(C)(C)C)CC1. The minimum atomic E-state index is -3.24. The standard InChI is InChI=1S/C20H40N2O5S2/c1-17(2,3)27-16(23)22-12-10-20(11-13-22,15-29(9,25)26)19(7,8)14-21-28(24)18(4,5)6/h21H,10-15H2,1-9H3. The number of hydrogen-bond acceptors (Lipinski definition) is 6. The highest BCUT2D eigenvalue weighted by Gasteiger charge is 2.50. The normalized spacial score (nSPS) is 19.7. The van der Waals surface area contributed by atoms with Crippen LogP contribution in [0.4, 0.5) is 4.79 Å². The highest BCUT2D eigenvalue weighted by Crippen LogP contribution is 2.48. The van der Waals surface area contributed by atoms with E-state index in [4.69, 9.17) is 4.74 Å². The summed E-state index contributed by atoms with van der Waals surface area (Å²) in [5.41, 5.74) is -1.52. The van der Waals surface area contributed by atoms with Gasteiger partial charge in [0.1, 0.15) is 20.2 Å². The molecule has 9 heteroatoms. The van der Waals surface area contributed by atoms with E-state index in [-0.39, 0.29) is 11.8 Å². The van der Waals surface area contributed by atoms with Crippen molar-refractivity contribution >= 4 is 27.3 Å². The molecule has 1 atom stereocenters. The molecule has 0 aromatic rings. The summed E-state index contributed by atoms with van der Waals surface area (Å²) in [4.78, 5) is 14.1. The van der Waals surface area contributed by atoms with Crippen LogP contribution < -0.4 is 4.72 Å². The Labute approximate surface area is 180 Å². The topological polar surface area (TPSA) is 98.8 Å². The average molecular weight is 453 g/mol. The first kappa shape index (κ1) is 26.5. The number of rotatable bonds is 6. The second kappa shape index (κ2) is 8.93. The van der Waals surface area contributed by atoms with Crippen molar-refractivity contribution in [2.75, 3.05) is 31.6 Å². The van der Waals surface area contributed by atoms with Crippen molar-refractivity contribution in [2.24, 2.45) is 10.8 Å². The molecular weight excluding hydrogens is 412 g/mol. The number of amides is 1. The molecule has 1 aliphatic heterocycles. The maximum Gasteiger partial charge on any atom is 0.410 e. The average Bonchev–Trinajstić information content (AvgIpc) is 2.48. The largest absolute Gasteiger partial charge is 0.598 e. The number of nitrogens with one attached hydrogen (secondary N) is 1. The molecule has 0 radical (unpaired) electrons. The van der Waals surface area contributed by atoms with Gasteiger partial charge in [-0.3, -0.25) is 0 Å². The van der Waals surface area contributed by atoms with Crippen molar-refractivity contribution in [3.8, 4) is 0 Å². The number of likely N-dealkylation sites (tertiary alicyclic amines) is 1. The highest BCUT2D eigenvalue weighted by molar-refractivity contribution is 7.91. The quantitative estimate of drug-likeness (QED) is 0.622. The molecule has 0 aromatic carbocycles. The highest BCUT2D eigenvalue weighted by atomic mass is 32.2. The lowest BCUT2D eigenvalue weighted by atomic mass is 9.61. The summed E-state index contributed by atoms with van der Waals surface area (Å²) >= 11 is -1.24. The Morgan fingerprint density at radius 3 is 1.97 bits per heavy atom. The maximum absolute atomic E-state index is 12.5. The van der Waals surface area contributed by atoms with Gasteiger partial charge in [0.2, 0.25) is 0 Å². The van der Waals surface area contributed by atoms with E-state index in [1.807, 2.05) is 55.4 Å². The van der Waals surface area contributed by atoms with E-state index in [1.165, 1.54) is 6.26 Å². The molecule has 0 bridgehead atoms. The van der Waals surface area contributed by atoms with Crippen LogP contribution in [-0.2, 0) is 25.9 Å².